The molecule has 3 aromatic rings. The van der Waals surface area contributed by atoms with E-state index in [0.29, 0.717) is 17.1 Å². The van der Waals surface area contributed by atoms with Gasteiger partial charge in [0.15, 0.2) is 23.4 Å². The molecule has 0 fully saturated rings. The van der Waals surface area contributed by atoms with Gasteiger partial charge in [-0.3, -0.25) is 9.59 Å². The maximum absolute atomic E-state index is 13.9. The number of benzene rings is 2. The average molecular weight is 384 g/mol. The molecule has 1 aliphatic heterocycles. The topological polar surface area (TPSA) is 85.2 Å². The molecule has 2 amide bonds. The van der Waals surface area contributed by atoms with Crippen LogP contribution < -0.4 is 15.4 Å². The van der Waals surface area contributed by atoms with Gasteiger partial charge in [0.1, 0.15) is 11.4 Å². The van der Waals surface area contributed by atoms with Gasteiger partial charge in [0, 0.05) is 11.9 Å². The first-order valence-electron chi connectivity index (χ1n) is 8.35. The number of halogens is 2. The highest BCUT2D eigenvalue weighted by atomic mass is 19.1. The third kappa shape index (κ3) is 3.18. The first-order valence-corrected chi connectivity index (χ1v) is 8.35. The van der Waals surface area contributed by atoms with E-state index in [0.717, 1.165) is 16.8 Å². The Hall–Kier alpha value is -3.75. The summed E-state index contributed by atoms with van der Waals surface area (Å²) in [5.41, 5.74) is 0.423. The Balaban J connectivity index is 1.55. The molecule has 1 atom stereocenters. The fourth-order valence-corrected chi connectivity index (χ4v) is 2.76. The number of amides is 2. The lowest BCUT2D eigenvalue weighted by atomic mass is 10.2. The molecule has 2 N–H and O–H groups in total. The van der Waals surface area contributed by atoms with Crippen LogP contribution in [0.2, 0.25) is 0 Å². The molecule has 0 bridgehead atoms. The van der Waals surface area contributed by atoms with Gasteiger partial charge >= 0.3 is 0 Å². The minimum atomic E-state index is -0.797. The Kier molecular flexibility index (Phi) is 4.26. The van der Waals surface area contributed by atoms with Crippen molar-refractivity contribution in [3.05, 3.63) is 66.0 Å². The van der Waals surface area contributed by atoms with Gasteiger partial charge in [-0.05, 0) is 43.3 Å². The molecular weight excluding hydrogens is 370 g/mol. The number of hydrogen-bond acceptors (Lipinski definition) is 4. The van der Waals surface area contributed by atoms with Crippen LogP contribution in [-0.2, 0) is 4.79 Å². The number of carbonyl (C=O) groups excluding carboxylic acids is 2. The number of fused-ring (bicyclic) bond motifs is 1. The van der Waals surface area contributed by atoms with Crippen LogP contribution in [0.1, 0.15) is 17.4 Å². The van der Waals surface area contributed by atoms with Crippen molar-refractivity contribution < 1.29 is 23.1 Å². The number of carbonyl (C=O) groups is 2. The number of para-hydroxylation sites is 1. The molecule has 2 aromatic carbocycles. The third-order valence-corrected chi connectivity index (χ3v) is 4.16. The molecule has 0 spiro atoms. The fourth-order valence-electron chi connectivity index (χ4n) is 2.76. The molecular formula is C19H14F2N4O3. The first-order chi connectivity index (χ1) is 13.4. The number of hydrogen-bond donors (Lipinski definition) is 2. The Morgan fingerprint density at radius 1 is 1.21 bits per heavy atom. The zero-order valence-corrected chi connectivity index (χ0v) is 14.6. The third-order valence-electron chi connectivity index (χ3n) is 4.16. The maximum atomic E-state index is 13.9. The van der Waals surface area contributed by atoms with Crippen molar-refractivity contribution in [1.82, 2.24) is 9.78 Å². The van der Waals surface area contributed by atoms with Crippen molar-refractivity contribution in [1.29, 1.82) is 0 Å². The standard InChI is InChI=1S/C19H14F2N4O3/c1-10-18(26)23-15-9-11(5-6-16(15)28-10)22-19(27)14-7-8-25(24-14)17-12(20)3-2-4-13(17)21/h2-10H,1H3,(H,22,27)(H,23,26)/t10-/m0/s1. The van der Waals surface area contributed by atoms with Crippen molar-refractivity contribution in [2.24, 2.45) is 0 Å². The largest absolute Gasteiger partial charge is 0.479 e. The van der Waals surface area contributed by atoms with Crippen LogP contribution in [0.3, 0.4) is 0 Å². The number of nitrogens with one attached hydrogen (secondary N) is 2. The highest BCUT2D eigenvalue weighted by Gasteiger charge is 2.24. The summed E-state index contributed by atoms with van der Waals surface area (Å²) in [6.07, 6.45) is 0.689. The maximum Gasteiger partial charge on any atom is 0.276 e. The average Bonchev–Trinajstić information content (AvgIpc) is 3.13. The second-order valence-electron chi connectivity index (χ2n) is 6.13. The SMILES string of the molecule is C[C@@H]1Oc2ccc(NC(=O)c3ccn(-c4c(F)cccc4F)n3)cc2NC1=O. The number of nitrogens with zero attached hydrogens (tertiary/aromatic N) is 2. The molecule has 0 unspecified atom stereocenters. The van der Waals surface area contributed by atoms with Crippen LogP contribution in [0.4, 0.5) is 20.2 Å². The van der Waals surface area contributed by atoms with E-state index in [1.165, 1.54) is 18.3 Å². The van der Waals surface area contributed by atoms with Crippen LogP contribution in [0.5, 0.6) is 5.75 Å². The monoisotopic (exact) mass is 384 g/mol. The molecule has 1 aromatic heterocycles. The van der Waals surface area contributed by atoms with E-state index in [4.69, 9.17) is 4.74 Å². The van der Waals surface area contributed by atoms with Gasteiger partial charge in [0.25, 0.3) is 11.8 Å². The molecule has 28 heavy (non-hydrogen) atoms. The van der Waals surface area contributed by atoms with Crippen LogP contribution in [0.25, 0.3) is 5.69 Å². The van der Waals surface area contributed by atoms with E-state index in [1.807, 2.05) is 0 Å². The van der Waals surface area contributed by atoms with E-state index in [9.17, 15) is 18.4 Å². The van der Waals surface area contributed by atoms with Crippen LogP contribution >= 0.6 is 0 Å². The lowest BCUT2D eigenvalue weighted by molar-refractivity contribution is -0.122. The van der Waals surface area contributed by atoms with Gasteiger partial charge < -0.3 is 15.4 Å². The Labute approximate surface area is 157 Å². The van der Waals surface area contributed by atoms with Crippen molar-refractivity contribution >= 4 is 23.2 Å². The number of aromatic nitrogens is 2. The summed E-state index contributed by atoms with van der Waals surface area (Å²) < 4.78 is 34.1. The lowest BCUT2D eigenvalue weighted by Gasteiger charge is -2.23. The summed E-state index contributed by atoms with van der Waals surface area (Å²) in [5.74, 6) is -1.97. The molecule has 0 saturated heterocycles. The van der Waals surface area contributed by atoms with Gasteiger partial charge in [-0.2, -0.15) is 5.10 Å². The van der Waals surface area contributed by atoms with E-state index >= 15 is 0 Å². The van der Waals surface area contributed by atoms with Crippen LogP contribution in [0, 0.1) is 11.6 Å². The van der Waals surface area contributed by atoms with Gasteiger partial charge in [-0.25, -0.2) is 13.5 Å². The van der Waals surface area contributed by atoms with E-state index in [-0.39, 0.29) is 17.3 Å². The van der Waals surface area contributed by atoms with Gasteiger partial charge in [-0.1, -0.05) is 6.07 Å². The Morgan fingerprint density at radius 2 is 1.96 bits per heavy atom. The molecule has 0 saturated carbocycles. The van der Waals surface area contributed by atoms with Crippen molar-refractivity contribution in [2.75, 3.05) is 10.6 Å². The van der Waals surface area contributed by atoms with Crippen molar-refractivity contribution in [2.45, 2.75) is 13.0 Å². The highest BCUT2D eigenvalue weighted by Crippen LogP contribution is 2.32. The summed E-state index contributed by atoms with van der Waals surface area (Å²) >= 11 is 0. The second-order valence-corrected chi connectivity index (χ2v) is 6.13. The second kappa shape index (κ2) is 6.76. The summed E-state index contributed by atoms with van der Waals surface area (Å²) in [4.78, 5) is 24.1. The van der Waals surface area contributed by atoms with Crippen molar-refractivity contribution in [3.63, 3.8) is 0 Å². The number of anilines is 2. The Morgan fingerprint density at radius 3 is 2.71 bits per heavy atom. The summed E-state index contributed by atoms with van der Waals surface area (Å²) in [5, 5.41) is 9.24. The summed E-state index contributed by atoms with van der Waals surface area (Å²) in [6, 6.07) is 9.55. The predicted octanol–water partition coefficient (Wildman–Crippen LogP) is 3.12. The molecule has 9 heteroatoms. The van der Waals surface area contributed by atoms with Gasteiger partial charge in [-0.15, -0.1) is 0 Å². The fraction of sp³-hybridized carbons (Fsp3) is 0.105. The van der Waals surface area contributed by atoms with Crippen molar-refractivity contribution in [3.8, 4) is 11.4 Å². The summed E-state index contributed by atoms with van der Waals surface area (Å²) in [7, 11) is 0. The summed E-state index contributed by atoms with van der Waals surface area (Å²) in [6.45, 7) is 1.63. The van der Waals surface area contributed by atoms with E-state index in [1.54, 1.807) is 25.1 Å². The number of ether oxygens (including phenoxy) is 1. The highest BCUT2D eigenvalue weighted by molar-refractivity contribution is 6.04. The molecule has 0 aliphatic carbocycles. The molecule has 0 radical (unpaired) electrons. The first kappa shape index (κ1) is 17.7. The molecule has 1 aliphatic rings. The lowest BCUT2D eigenvalue weighted by Crippen LogP contribution is -2.34. The molecule has 7 nitrogen and oxygen atoms in total. The smallest absolute Gasteiger partial charge is 0.276 e. The predicted molar refractivity (Wildman–Crippen MR) is 96.6 cm³/mol. The Bertz CT molecular complexity index is 1080. The molecule has 142 valence electrons. The minimum Gasteiger partial charge on any atom is -0.479 e. The normalized spacial score (nSPS) is 15.4. The quantitative estimate of drug-likeness (QED) is 0.727. The minimum absolute atomic E-state index is 0.0331. The van der Waals surface area contributed by atoms with E-state index < -0.39 is 23.6 Å². The molecule has 2 heterocycles. The van der Waals surface area contributed by atoms with Gasteiger partial charge in [0.05, 0.1) is 5.69 Å². The van der Waals surface area contributed by atoms with E-state index in [2.05, 4.69) is 15.7 Å². The zero-order chi connectivity index (χ0) is 19.8. The molecule has 4 rings (SSSR count). The number of rotatable bonds is 3. The zero-order valence-electron chi connectivity index (χ0n) is 14.6. The van der Waals surface area contributed by atoms with Gasteiger partial charge in [0.2, 0.25) is 0 Å². The van der Waals surface area contributed by atoms with Crippen LogP contribution in [-0.4, -0.2) is 27.7 Å². The van der Waals surface area contributed by atoms with Crippen LogP contribution in [0.15, 0.2) is 48.7 Å².